The van der Waals surface area contributed by atoms with Gasteiger partial charge in [0.1, 0.15) is 6.61 Å². The predicted molar refractivity (Wildman–Crippen MR) is 191 cm³/mol. The lowest BCUT2D eigenvalue weighted by molar-refractivity contribution is -0.143. The number of ether oxygens (including phenoxy) is 1. The molecule has 49 heavy (non-hydrogen) atoms. The van der Waals surface area contributed by atoms with E-state index in [4.69, 9.17) is 4.74 Å². The summed E-state index contributed by atoms with van der Waals surface area (Å²) in [7, 11) is -3.77. The molecule has 9 heteroatoms. The maximum Gasteiger partial charge on any atom is 0.416 e. The number of benzene rings is 3. The molecule has 0 aromatic heterocycles. The normalized spacial score (nSPS) is 22.0. The molecule has 2 heterocycles. The van der Waals surface area contributed by atoms with Gasteiger partial charge in [0.25, 0.3) is 10.0 Å². The van der Waals surface area contributed by atoms with Gasteiger partial charge in [0.15, 0.2) is 0 Å². The molecule has 0 N–H and O–H groups in total. The van der Waals surface area contributed by atoms with E-state index in [1.807, 2.05) is 45.0 Å². The van der Waals surface area contributed by atoms with Gasteiger partial charge in [-0.15, -0.1) is 13.2 Å². The molecular formula is C40H46N2O6S. The van der Waals surface area contributed by atoms with E-state index in [1.165, 1.54) is 16.0 Å². The van der Waals surface area contributed by atoms with Crippen molar-refractivity contribution in [3.05, 3.63) is 115 Å². The third kappa shape index (κ3) is 7.13. The van der Waals surface area contributed by atoms with Gasteiger partial charge in [-0.3, -0.25) is 9.59 Å². The summed E-state index contributed by atoms with van der Waals surface area (Å²) in [6.07, 6.45) is 6.88. The fourth-order valence-corrected chi connectivity index (χ4v) is 8.76. The van der Waals surface area contributed by atoms with Gasteiger partial charge in [-0.2, -0.15) is 0 Å². The van der Waals surface area contributed by atoms with Crippen LogP contribution in [0.25, 0.3) is 11.1 Å². The summed E-state index contributed by atoms with van der Waals surface area (Å²) in [5.41, 5.74) is 4.45. The molecular weight excluding hydrogens is 637 g/mol. The van der Waals surface area contributed by atoms with Gasteiger partial charge in [0, 0.05) is 19.0 Å². The SMILES string of the molecule is C=CC[C@]1(C)CCCN(C(=O)OCC2c3ccccc3-c3ccccc32)C1=O.C=CC[C@]1(C)CCCN(S(=O)(=O)c2ccc(C)cc2)C1=O. The summed E-state index contributed by atoms with van der Waals surface area (Å²) < 4.78 is 32.1. The van der Waals surface area contributed by atoms with E-state index in [2.05, 4.69) is 37.4 Å². The summed E-state index contributed by atoms with van der Waals surface area (Å²) in [5.74, 6) is -0.485. The van der Waals surface area contributed by atoms with Crippen molar-refractivity contribution in [2.45, 2.75) is 70.1 Å². The average molecular weight is 683 g/mol. The van der Waals surface area contributed by atoms with E-state index >= 15 is 0 Å². The number of amides is 3. The predicted octanol–water partition coefficient (Wildman–Crippen LogP) is 8.03. The van der Waals surface area contributed by atoms with Crippen LogP contribution in [0.15, 0.2) is 103 Å². The Morgan fingerprint density at radius 3 is 1.88 bits per heavy atom. The van der Waals surface area contributed by atoms with Crippen LogP contribution in [0.1, 0.15) is 75.0 Å². The maximum atomic E-state index is 12.8. The van der Waals surface area contributed by atoms with Crippen LogP contribution >= 0.6 is 0 Å². The molecule has 3 aromatic carbocycles. The van der Waals surface area contributed by atoms with Crippen LogP contribution < -0.4 is 0 Å². The van der Waals surface area contributed by atoms with Crippen molar-refractivity contribution >= 4 is 27.9 Å². The largest absolute Gasteiger partial charge is 0.448 e. The van der Waals surface area contributed by atoms with Gasteiger partial charge >= 0.3 is 6.09 Å². The first-order valence-corrected chi connectivity index (χ1v) is 18.3. The van der Waals surface area contributed by atoms with Crippen molar-refractivity contribution in [2.75, 3.05) is 19.7 Å². The second kappa shape index (κ2) is 14.5. The number of hydrogen-bond acceptors (Lipinski definition) is 6. The van der Waals surface area contributed by atoms with Crippen LogP contribution in [0.5, 0.6) is 0 Å². The van der Waals surface area contributed by atoms with Crippen molar-refractivity contribution in [3.63, 3.8) is 0 Å². The molecule has 2 fully saturated rings. The van der Waals surface area contributed by atoms with E-state index in [9.17, 15) is 22.8 Å². The van der Waals surface area contributed by atoms with Crippen LogP contribution in [0, 0.1) is 17.8 Å². The minimum Gasteiger partial charge on any atom is -0.448 e. The number of hydrogen-bond donors (Lipinski definition) is 0. The highest BCUT2D eigenvalue weighted by Gasteiger charge is 2.44. The Balaban J connectivity index is 0.000000200. The van der Waals surface area contributed by atoms with Gasteiger partial charge in [-0.1, -0.05) is 92.2 Å². The Kier molecular flexibility index (Phi) is 10.6. The highest BCUT2D eigenvalue weighted by molar-refractivity contribution is 7.89. The van der Waals surface area contributed by atoms with Gasteiger partial charge in [0.2, 0.25) is 11.8 Å². The van der Waals surface area contributed by atoms with Crippen molar-refractivity contribution in [3.8, 4) is 11.1 Å². The van der Waals surface area contributed by atoms with Crippen molar-refractivity contribution < 1.29 is 27.5 Å². The first kappa shape index (κ1) is 35.8. The first-order valence-electron chi connectivity index (χ1n) is 16.9. The van der Waals surface area contributed by atoms with Crippen LogP contribution in [-0.2, 0) is 24.3 Å². The minimum atomic E-state index is -3.77. The number of carbonyl (C=O) groups is 3. The van der Waals surface area contributed by atoms with E-state index in [0.29, 0.717) is 32.2 Å². The van der Waals surface area contributed by atoms with Gasteiger partial charge < -0.3 is 4.74 Å². The summed E-state index contributed by atoms with van der Waals surface area (Å²) in [6.45, 7) is 13.9. The van der Waals surface area contributed by atoms with Crippen LogP contribution in [0.3, 0.4) is 0 Å². The monoisotopic (exact) mass is 682 g/mol. The molecule has 0 spiro atoms. The van der Waals surface area contributed by atoms with Gasteiger partial charge in [-0.05, 0) is 79.8 Å². The topological polar surface area (TPSA) is 101 Å². The van der Waals surface area contributed by atoms with Crippen LogP contribution in [0.2, 0.25) is 0 Å². The number of sulfonamides is 1. The number of rotatable bonds is 8. The molecule has 0 saturated carbocycles. The van der Waals surface area contributed by atoms with Crippen molar-refractivity contribution in [1.29, 1.82) is 0 Å². The quantitative estimate of drug-likeness (QED) is 0.223. The standard InChI is InChI=1S/C24H25NO3.C16H21NO3S/c1-3-13-24(2)14-8-15-25(22(24)26)23(27)28-16-21-19-11-6-4-9-17(19)18-10-5-7-12-20(18)21;1-4-10-16(3)11-5-12-17(15(16)18)21(19,20)14-8-6-13(2)7-9-14/h3-7,9-12,21H,1,8,13-16H2,2H3;4,6-9H,1,5,10-12H2,2-3H3/t24-;16-/m11/s1. The number of allylic oxidation sites excluding steroid dienone is 2. The lowest BCUT2D eigenvalue weighted by atomic mass is 9.78. The summed E-state index contributed by atoms with van der Waals surface area (Å²) in [5, 5.41) is 0. The highest BCUT2D eigenvalue weighted by atomic mass is 32.2. The van der Waals surface area contributed by atoms with Gasteiger partial charge in [-0.25, -0.2) is 22.4 Å². The number of piperidine rings is 2. The average Bonchev–Trinajstić information content (AvgIpc) is 3.40. The van der Waals surface area contributed by atoms with E-state index in [-0.39, 0.29) is 35.8 Å². The summed E-state index contributed by atoms with van der Waals surface area (Å²) in [6, 6.07) is 23.0. The third-order valence-electron chi connectivity index (χ3n) is 10.1. The summed E-state index contributed by atoms with van der Waals surface area (Å²) >= 11 is 0. The number of carbonyl (C=O) groups excluding carboxylic acids is 3. The number of nitrogens with zero attached hydrogens (tertiary/aromatic N) is 2. The van der Waals surface area contributed by atoms with Crippen molar-refractivity contribution in [2.24, 2.45) is 10.8 Å². The first-order chi connectivity index (χ1) is 23.4. The van der Waals surface area contributed by atoms with Crippen LogP contribution in [0.4, 0.5) is 4.79 Å². The van der Waals surface area contributed by atoms with E-state index in [0.717, 1.165) is 33.8 Å². The molecule has 2 saturated heterocycles. The minimum absolute atomic E-state index is 0.00389. The molecule has 6 rings (SSSR count). The zero-order chi connectivity index (χ0) is 35.4. The number of likely N-dealkylation sites (tertiary alicyclic amines) is 1. The molecule has 1 aliphatic carbocycles. The Hall–Kier alpha value is -4.50. The van der Waals surface area contributed by atoms with E-state index in [1.54, 1.807) is 36.4 Å². The Bertz CT molecular complexity index is 1810. The van der Waals surface area contributed by atoms with E-state index < -0.39 is 26.9 Å². The fraction of sp³-hybridized carbons (Fsp3) is 0.375. The third-order valence-corrected chi connectivity index (χ3v) is 11.9. The lowest BCUT2D eigenvalue weighted by Crippen LogP contribution is -2.50. The summed E-state index contributed by atoms with van der Waals surface area (Å²) in [4.78, 5) is 39.7. The Labute approximate surface area is 290 Å². The molecule has 0 bridgehead atoms. The van der Waals surface area contributed by atoms with Gasteiger partial charge in [0.05, 0.1) is 15.7 Å². The number of aryl methyl sites for hydroxylation is 1. The second-order valence-corrected chi connectivity index (χ2v) is 15.6. The van der Waals surface area contributed by atoms with Crippen LogP contribution in [-0.4, -0.2) is 55.2 Å². The molecule has 2 aliphatic heterocycles. The Morgan fingerprint density at radius 1 is 0.816 bits per heavy atom. The van der Waals surface area contributed by atoms with Crippen molar-refractivity contribution in [1.82, 2.24) is 9.21 Å². The molecule has 2 atom stereocenters. The Morgan fingerprint density at radius 2 is 1.33 bits per heavy atom. The molecule has 8 nitrogen and oxygen atoms in total. The fourth-order valence-electron chi connectivity index (χ4n) is 7.21. The molecule has 0 unspecified atom stereocenters. The molecule has 3 aliphatic rings. The zero-order valence-corrected chi connectivity index (χ0v) is 29.5. The second-order valence-electron chi connectivity index (χ2n) is 13.8. The highest BCUT2D eigenvalue weighted by Crippen LogP contribution is 2.45. The molecule has 3 aromatic rings. The molecule has 0 radical (unpaired) electrons. The maximum absolute atomic E-state index is 12.8. The number of imide groups is 1. The number of fused-ring (bicyclic) bond motifs is 3. The molecule has 258 valence electrons. The smallest absolute Gasteiger partial charge is 0.416 e. The lowest BCUT2D eigenvalue weighted by Gasteiger charge is -2.38. The zero-order valence-electron chi connectivity index (χ0n) is 28.7. The molecule has 3 amide bonds.